The van der Waals surface area contributed by atoms with Gasteiger partial charge in [0.15, 0.2) is 0 Å². The third kappa shape index (κ3) is 2.89. The van der Waals surface area contributed by atoms with Crippen molar-refractivity contribution >= 4 is 0 Å². The van der Waals surface area contributed by atoms with E-state index in [4.69, 9.17) is 10.5 Å². The Morgan fingerprint density at radius 2 is 2.06 bits per heavy atom. The van der Waals surface area contributed by atoms with E-state index in [9.17, 15) is 0 Å². The highest BCUT2D eigenvalue weighted by Crippen LogP contribution is 2.35. The number of ether oxygens (including phenoxy) is 1. The van der Waals surface area contributed by atoms with Gasteiger partial charge in [-0.1, -0.05) is 26.7 Å². The number of rotatable bonds is 4. The van der Waals surface area contributed by atoms with E-state index in [-0.39, 0.29) is 5.54 Å². The van der Waals surface area contributed by atoms with Crippen LogP contribution < -0.4 is 5.73 Å². The summed E-state index contributed by atoms with van der Waals surface area (Å²) in [5.41, 5.74) is 6.28. The minimum absolute atomic E-state index is 0.151. The Balaban J connectivity index is 2.12. The van der Waals surface area contributed by atoms with Gasteiger partial charge in [0.05, 0.1) is 12.7 Å². The predicted molar refractivity (Wildman–Crippen MR) is 75.6 cm³/mol. The van der Waals surface area contributed by atoms with E-state index < -0.39 is 0 Å². The molecule has 0 aromatic heterocycles. The summed E-state index contributed by atoms with van der Waals surface area (Å²) >= 11 is 0. The molecule has 3 atom stereocenters. The van der Waals surface area contributed by atoms with Gasteiger partial charge in [-0.3, -0.25) is 4.90 Å². The summed E-state index contributed by atoms with van der Waals surface area (Å²) < 4.78 is 5.97. The lowest BCUT2D eigenvalue weighted by molar-refractivity contribution is -0.124. The Labute approximate surface area is 112 Å². The fraction of sp³-hybridized carbons (Fsp3) is 1.00. The number of morpholine rings is 1. The lowest BCUT2D eigenvalue weighted by Gasteiger charge is -2.52. The number of hydrogen-bond acceptors (Lipinski definition) is 3. The molecule has 0 amide bonds. The van der Waals surface area contributed by atoms with Gasteiger partial charge in [-0.15, -0.1) is 0 Å². The van der Waals surface area contributed by atoms with Gasteiger partial charge in [0.25, 0.3) is 0 Å². The van der Waals surface area contributed by atoms with Crippen LogP contribution in [0.5, 0.6) is 0 Å². The van der Waals surface area contributed by atoms with Crippen molar-refractivity contribution in [2.75, 3.05) is 19.7 Å². The second-order valence-corrected chi connectivity index (χ2v) is 6.75. The lowest BCUT2D eigenvalue weighted by Crippen LogP contribution is -2.63. The summed E-state index contributed by atoms with van der Waals surface area (Å²) in [7, 11) is 0. The molecule has 1 aliphatic heterocycles. The molecule has 2 N–H and O–H groups in total. The van der Waals surface area contributed by atoms with Crippen molar-refractivity contribution in [2.45, 2.75) is 70.6 Å². The topological polar surface area (TPSA) is 38.5 Å². The molecule has 0 bridgehead atoms. The Bertz CT molecular complexity index is 267. The molecule has 3 heteroatoms. The lowest BCUT2D eigenvalue weighted by atomic mass is 9.82. The molecule has 106 valence electrons. The smallest absolute Gasteiger partial charge is 0.0731 e. The van der Waals surface area contributed by atoms with E-state index in [2.05, 4.69) is 25.7 Å². The molecule has 1 saturated carbocycles. The van der Waals surface area contributed by atoms with Crippen molar-refractivity contribution in [3.05, 3.63) is 0 Å². The fourth-order valence-electron chi connectivity index (χ4n) is 3.96. The minimum atomic E-state index is 0.151. The first-order chi connectivity index (χ1) is 8.57. The van der Waals surface area contributed by atoms with Crippen LogP contribution in [0.1, 0.15) is 52.9 Å². The first-order valence-electron chi connectivity index (χ1n) is 7.65. The van der Waals surface area contributed by atoms with Crippen molar-refractivity contribution in [3.63, 3.8) is 0 Å². The summed E-state index contributed by atoms with van der Waals surface area (Å²) in [6, 6.07) is 0.611. The van der Waals surface area contributed by atoms with Crippen molar-refractivity contribution < 1.29 is 4.74 Å². The molecule has 18 heavy (non-hydrogen) atoms. The molecule has 1 heterocycles. The second-order valence-electron chi connectivity index (χ2n) is 6.75. The molecular formula is C15H30N2O. The normalized spacial score (nSPS) is 33.2. The average Bonchev–Trinajstić information content (AvgIpc) is 2.37. The SMILES string of the molecule is CC(C)CC(C)(CN)N1CCOC2CCCCC21. The summed E-state index contributed by atoms with van der Waals surface area (Å²) in [5, 5.41) is 0. The van der Waals surface area contributed by atoms with Gasteiger partial charge in [0, 0.05) is 24.7 Å². The summed E-state index contributed by atoms with van der Waals surface area (Å²) in [4.78, 5) is 2.68. The van der Waals surface area contributed by atoms with Crippen molar-refractivity contribution in [1.82, 2.24) is 4.90 Å². The Hall–Kier alpha value is -0.120. The third-order valence-electron chi connectivity index (χ3n) is 4.71. The zero-order chi connectivity index (χ0) is 13.2. The minimum Gasteiger partial charge on any atom is -0.375 e. The van der Waals surface area contributed by atoms with Crippen LogP contribution in [0.3, 0.4) is 0 Å². The van der Waals surface area contributed by atoms with Crippen LogP contribution in [0.15, 0.2) is 0 Å². The van der Waals surface area contributed by atoms with Gasteiger partial charge >= 0.3 is 0 Å². The highest BCUT2D eigenvalue weighted by Gasteiger charge is 2.42. The first kappa shape index (κ1) is 14.3. The molecule has 1 saturated heterocycles. The third-order valence-corrected chi connectivity index (χ3v) is 4.71. The van der Waals surface area contributed by atoms with E-state index in [1.807, 2.05) is 0 Å². The zero-order valence-corrected chi connectivity index (χ0v) is 12.3. The molecule has 0 aromatic rings. The van der Waals surface area contributed by atoms with Crippen molar-refractivity contribution in [3.8, 4) is 0 Å². The molecule has 2 aliphatic rings. The number of fused-ring (bicyclic) bond motifs is 1. The highest BCUT2D eigenvalue weighted by molar-refractivity contribution is 4.97. The predicted octanol–water partition coefficient (Wildman–Crippen LogP) is 2.39. The molecular weight excluding hydrogens is 224 g/mol. The molecule has 0 aromatic carbocycles. The summed E-state index contributed by atoms with van der Waals surface area (Å²) in [5.74, 6) is 0.698. The maximum Gasteiger partial charge on any atom is 0.0731 e. The average molecular weight is 254 g/mol. The quantitative estimate of drug-likeness (QED) is 0.837. The molecule has 3 unspecified atom stereocenters. The van der Waals surface area contributed by atoms with Gasteiger partial charge in [-0.2, -0.15) is 0 Å². The number of hydrogen-bond donors (Lipinski definition) is 1. The maximum absolute atomic E-state index is 6.13. The molecule has 2 rings (SSSR count). The van der Waals surface area contributed by atoms with E-state index in [0.29, 0.717) is 18.1 Å². The van der Waals surface area contributed by atoms with Crippen LogP contribution in [0.25, 0.3) is 0 Å². The standard InChI is InChI=1S/C15H30N2O/c1-12(2)10-15(3,11-16)17-8-9-18-14-7-5-4-6-13(14)17/h12-14H,4-11,16H2,1-3H3. The molecule has 1 aliphatic carbocycles. The van der Waals surface area contributed by atoms with Crippen LogP contribution >= 0.6 is 0 Å². The van der Waals surface area contributed by atoms with E-state index >= 15 is 0 Å². The maximum atomic E-state index is 6.13. The number of nitrogens with zero attached hydrogens (tertiary/aromatic N) is 1. The zero-order valence-electron chi connectivity index (χ0n) is 12.3. The van der Waals surface area contributed by atoms with Gasteiger partial charge in [0.2, 0.25) is 0 Å². The fourth-order valence-corrected chi connectivity index (χ4v) is 3.96. The monoisotopic (exact) mass is 254 g/mol. The van der Waals surface area contributed by atoms with E-state index in [1.54, 1.807) is 0 Å². The van der Waals surface area contributed by atoms with Gasteiger partial charge < -0.3 is 10.5 Å². The van der Waals surface area contributed by atoms with E-state index in [0.717, 1.165) is 19.7 Å². The molecule has 3 nitrogen and oxygen atoms in total. The Morgan fingerprint density at radius 1 is 1.33 bits per heavy atom. The molecule has 0 spiro atoms. The largest absolute Gasteiger partial charge is 0.375 e. The highest BCUT2D eigenvalue weighted by atomic mass is 16.5. The van der Waals surface area contributed by atoms with Crippen LogP contribution in [-0.2, 0) is 4.74 Å². The number of nitrogens with two attached hydrogens (primary N) is 1. The Morgan fingerprint density at radius 3 is 2.72 bits per heavy atom. The van der Waals surface area contributed by atoms with E-state index in [1.165, 1.54) is 32.1 Å². The van der Waals surface area contributed by atoms with Crippen LogP contribution in [0.4, 0.5) is 0 Å². The van der Waals surface area contributed by atoms with Crippen LogP contribution in [-0.4, -0.2) is 42.3 Å². The van der Waals surface area contributed by atoms with Gasteiger partial charge in [-0.05, 0) is 32.1 Å². The second kappa shape index (κ2) is 5.89. The first-order valence-corrected chi connectivity index (χ1v) is 7.65. The van der Waals surface area contributed by atoms with Gasteiger partial charge in [0.1, 0.15) is 0 Å². The van der Waals surface area contributed by atoms with Crippen LogP contribution in [0, 0.1) is 5.92 Å². The van der Waals surface area contributed by atoms with Gasteiger partial charge in [-0.25, -0.2) is 0 Å². The summed E-state index contributed by atoms with van der Waals surface area (Å²) in [6.45, 7) is 9.65. The van der Waals surface area contributed by atoms with Crippen LogP contribution in [0.2, 0.25) is 0 Å². The molecule has 2 fully saturated rings. The van der Waals surface area contributed by atoms with Crippen molar-refractivity contribution in [1.29, 1.82) is 0 Å². The summed E-state index contributed by atoms with van der Waals surface area (Å²) in [6.07, 6.45) is 6.86. The molecule has 0 radical (unpaired) electrons. The van der Waals surface area contributed by atoms with Crippen molar-refractivity contribution in [2.24, 2.45) is 11.7 Å². The Kier molecular flexibility index (Phi) is 4.68.